The Morgan fingerprint density at radius 3 is 2.44 bits per heavy atom. The highest BCUT2D eigenvalue weighted by Crippen LogP contribution is 2.28. The van der Waals surface area contributed by atoms with Gasteiger partial charge in [-0.2, -0.15) is 13.2 Å². The molecule has 3 heterocycles. The van der Waals surface area contributed by atoms with Gasteiger partial charge in [0, 0.05) is 26.2 Å². The number of hydrogen-bond donors (Lipinski definition) is 0. The van der Waals surface area contributed by atoms with Crippen LogP contribution in [0.15, 0.2) is 10.7 Å². The molecule has 0 spiro atoms. The summed E-state index contributed by atoms with van der Waals surface area (Å²) < 4.78 is 56.3. The molecule has 0 N–H and O–H groups in total. The molecule has 0 bridgehead atoms. The zero-order valence-corrected chi connectivity index (χ0v) is 13.4. The van der Waals surface area contributed by atoms with Crippen LogP contribution in [-0.2, 0) is 19.1 Å². The van der Waals surface area contributed by atoms with E-state index in [4.69, 9.17) is 0 Å². The summed E-state index contributed by atoms with van der Waals surface area (Å²) in [5, 5.41) is 6.42. The van der Waals surface area contributed by atoms with Gasteiger partial charge >= 0.3 is 12.1 Å². The number of hydrogen-bond acceptors (Lipinski definition) is 7. The predicted molar refractivity (Wildman–Crippen MR) is 78.2 cm³/mol. The van der Waals surface area contributed by atoms with Crippen molar-refractivity contribution in [3.8, 4) is 0 Å². The van der Waals surface area contributed by atoms with Crippen LogP contribution in [0.5, 0.6) is 0 Å². The minimum Gasteiger partial charge on any atom is -0.416 e. The highest BCUT2D eigenvalue weighted by molar-refractivity contribution is 5.41. The monoisotopic (exact) mass is 360 g/mol. The predicted octanol–water partition coefficient (Wildman–Crippen LogP) is 1.90. The maximum absolute atomic E-state index is 14.3. The van der Waals surface area contributed by atoms with Crippen LogP contribution < -0.4 is 4.90 Å². The Morgan fingerprint density at radius 2 is 1.84 bits per heavy atom. The Bertz CT molecular complexity index is 726. The Kier molecular flexibility index (Phi) is 4.84. The summed E-state index contributed by atoms with van der Waals surface area (Å²) in [5.74, 6) is -1.62. The zero-order valence-electron chi connectivity index (χ0n) is 13.4. The third-order valence-corrected chi connectivity index (χ3v) is 3.92. The van der Waals surface area contributed by atoms with Gasteiger partial charge in [0.2, 0.25) is 5.89 Å². The lowest BCUT2D eigenvalue weighted by Crippen LogP contribution is -2.46. The Labute approximate surface area is 140 Å². The lowest BCUT2D eigenvalue weighted by atomic mass is 10.2. The first-order chi connectivity index (χ1) is 11.9. The third kappa shape index (κ3) is 3.86. The van der Waals surface area contributed by atoms with Gasteiger partial charge in [0.1, 0.15) is 6.33 Å². The van der Waals surface area contributed by atoms with Gasteiger partial charge in [-0.15, -0.1) is 10.2 Å². The number of alkyl halides is 3. The van der Waals surface area contributed by atoms with Crippen molar-refractivity contribution in [2.45, 2.75) is 26.1 Å². The van der Waals surface area contributed by atoms with E-state index in [-0.39, 0.29) is 18.3 Å². The highest BCUT2D eigenvalue weighted by atomic mass is 19.4. The van der Waals surface area contributed by atoms with Crippen LogP contribution >= 0.6 is 0 Å². The molecule has 0 unspecified atom stereocenters. The number of anilines is 1. The smallest absolute Gasteiger partial charge is 0.416 e. The number of aryl methyl sites for hydroxylation is 1. The average Bonchev–Trinajstić information content (AvgIpc) is 3.05. The zero-order chi connectivity index (χ0) is 18.0. The second-order valence-electron chi connectivity index (χ2n) is 5.57. The van der Waals surface area contributed by atoms with Crippen molar-refractivity contribution in [1.82, 2.24) is 25.1 Å². The van der Waals surface area contributed by atoms with E-state index in [1.807, 2.05) is 11.8 Å². The van der Waals surface area contributed by atoms with E-state index in [0.29, 0.717) is 38.3 Å². The molecule has 0 atom stereocenters. The Balaban J connectivity index is 1.60. The number of nitrogens with zero attached hydrogens (tertiary/aromatic N) is 6. The third-order valence-electron chi connectivity index (χ3n) is 3.92. The summed E-state index contributed by atoms with van der Waals surface area (Å²) in [6.07, 6.45) is -2.84. The molecule has 3 rings (SSSR count). The number of halogens is 4. The molecular weight excluding hydrogens is 344 g/mol. The van der Waals surface area contributed by atoms with Gasteiger partial charge < -0.3 is 9.32 Å². The van der Waals surface area contributed by atoms with Crippen LogP contribution in [0.2, 0.25) is 0 Å². The molecule has 0 saturated carbocycles. The number of aromatic nitrogens is 4. The number of rotatable bonds is 4. The lowest BCUT2D eigenvalue weighted by Gasteiger charge is -2.34. The van der Waals surface area contributed by atoms with Crippen molar-refractivity contribution in [3.63, 3.8) is 0 Å². The minimum atomic E-state index is -4.65. The molecular formula is C14H16F4N6O. The quantitative estimate of drug-likeness (QED) is 0.771. The summed E-state index contributed by atoms with van der Waals surface area (Å²) in [5.41, 5.74) is 0.359. The lowest BCUT2D eigenvalue weighted by molar-refractivity contribution is -0.157. The van der Waals surface area contributed by atoms with Crippen molar-refractivity contribution in [3.05, 3.63) is 29.6 Å². The van der Waals surface area contributed by atoms with Gasteiger partial charge in [-0.25, -0.2) is 14.4 Å². The Morgan fingerprint density at radius 1 is 1.12 bits per heavy atom. The molecule has 0 radical (unpaired) electrons. The molecule has 2 aromatic rings. The molecule has 2 aromatic heterocycles. The van der Waals surface area contributed by atoms with Crippen molar-refractivity contribution in [2.24, 2.45) is 0 Å². The topological polar surface area (TPSA) is 71.2 Å². The SMILES string of the molecule is CCc1ncnc(N2CCN(Cc3nnc(C(F)(F)F)o3)CC2)c1F. The van der Waals surface area contributed by atoms with E-state index in [9.17, 15) is 17.6 Å². The molecule has 7 nitrogen and oxygen atoms in total. The van der Waals surface area contributed by atoms with Crippen LogP contribution in [0, 0.1) is 5.82 Å². The van der Waals surface area contributed by atoms with E-state index >= 15 is 0 Å². The fraction of sp³-hybridized carbons (Fsp3) is 0.571. The van der Waals surface area contributed by atoms with Crippen LogP contribution in [0.25, 0.3) is 0 Å². The molecule has 1 saturated heterocycles. The fourth-order valence-corrected chi connectivity index (χ4v) is 2.60. The van der Waals surface area contributed by atoms with Crippen molar-refractivity contribution in [2.75, 3.05) is 31.1 Å². The fourth-order valence-electron chi connectivity index (χ4n) is 2.60. The van der Waals surface area contributed by atoms with Gasteiger partial charge in [-0.3, -0.25) is 4.90 Å². The second kappa shape index (κ2) is 6.90. The molecule has 25 heavy (non-hydrogen) atoms. The molecule has 136 valence electrons. The summed E-state index contributed by atoms with van der Waals surface area (Å²) in [6, 6.07) is 0. The largest absolute Gasteiger partial charge is 0.470 e. The van der Waals surface area contributed by atoms with E-state index in [0.717, 1.165) is 0 Å². The Hall–Kier alpha value is -2.30. The standard InChI is InChI=1S/C14H16F4N6O/c1-2-9-11(15)12(20-8-19-9)24-5-3-23(4-6-24)7-10-21-22-13(25-10)14(16,17)18/h8H,2-7H2,1H3. The van der Waals surface area contributed by atoms with Gasteiger partial charge in [-0.05, 0) is 6.42 Å². The van der Waals surface area contributed by atoms with Crippen LogP contribution in [0.1, 0.15) is 24.4 Å². The summed E-state index contributed by atoms with van der Waals surface area (Å²) >= 11 is 0. The second-order valence-corrected chi connectivity index (χ2v) is 5.57. The normalized spacial score (nSPS) is 16.4. The van der Waals surface area contributed by atoms with Gasteiger partial charge in [0.05, 0.1) is 12.2 Å². The molecule has 0 aromatic carbocycles. The first kappa shape index (κ1) is 17.5. The summed E-state index contributed by atoms with van der Waals surface area (Å²) in [7, 11) is 0. The van der Waals surface area contributed by atoms with Crippen LogP contribution in [-0.4, -0.2) is 51.2 Å². The van der Waals surface area contributed by atoms with E-state index in [2.05, 4.69) is 24.6 Å². The maximum Gasteiger partial charge on any atom is 0.470 e. The highest BCUT2D eigenvalue weighted by Gasteiger charge is 2.38. The van der Waals surface area contributed by atoms with Crippen molar-refractivity contribution >= 4 is 5.82 Å². The average molecular weight is 360 g/mol. The van der Waals surface area contributed by atoms with Crippen molar-refractivity contribution < 1.29 is 22.0 Å². The summed E-state index contributed by atoms with van der Waals surface area (Å²) in [6.45, 7) is 3.91. The van der Waals surface area contributed by atoms with E-state index < -0.39 is 17.9 Å². The first-order valence-corrected chi connectivity index (χ1v) is 7.74. The molecule has 11 heteroatoms. The minimum absolute atomic E-state index is 0.0951. The van der Waals surface area contributed by atoms with E-state index in [1.54, 1.807) is 4.90 Å². The molecule has 0 aliphatic carbocycles. The van der Waals surface area contributed by atoms with Gasteiger partial charge in [0.25, 0.3) is 0 Å². The molecule has 1 fully saturated rings. The van der Waals surface area contributed by atoms with Crippen LogP contribution in [0.4, 0.5) is 23.4 Å². The molecule has 1 aliphatic heterocycles. The van der Waals surface area contributed by atoms with Crippen molar-refractivity contribution in [1.29, 1.82) is 0 Å². The maximum atomic E-state index is 14.3. The van der Waals surface area contributed by atoms with Gasteiger partial charge in [-0.1, -0.05) is 6.92 Å². The van der Waals surface area contributed by atoms with Crippen LogP contribution in [0.3, 0.4) is 0 Å². The first-order valence-electron chi connectivity index (χ1n) is 7.74. The van der Waals surface area contributed by atoms with E-state index in [1.165, 1.54) is 6.33 Å². The summed E-state index contributed by atoms with van der Waals surface area (Å²) in [4.78, 5) is 11.6. The molecule has 0 amide bonds. The van der Waals surface area contributed by atoms with Gasteiger partial charge in [0.15, 0.2) is 11.6 Å². The number of piperazine rings is 1. The molecule has 1 aliphatic rings.